The molecule has 0 spiro atoms. The van der Waals surface area contributed by atoms with Gasteiger partial charge in [0.25, 0.3) is 10.1 Å². The van der Waals surface area contributed by atoms with E-state index in [4.69, 9.17) is 17.0 Å². The standard InChI is InChI=1S/C18H16O4S4.Na.H/c1-3-11-4-6-12(7-5-11)17-16(18(23)25-24-17)13-8-9-14(22-2)15(10-13)26(19,20)21;;/h4-10H,3H2,1-2H3,(H,19,20,21);;/q;+1;-1. The fourth-order valence-electron chi connectivity index (χ4n) is 2.62. The average molecular weight is 449 g/mol. The van der Waals surface area contributed by atoms with Gasteiger partial charge in [0, 0.05) is 5.56 Å². The van der Waals surface area contributed by atoms with Gasteiger partial charge >= 0.3 is 29.6 Å². The second kappa shape index (κ2) is 9.28. The van der Waals surface area contributed by atoms with Crippen LogP contribution in [0.15, 0.2) is 47.4 Å². The van der Waals surface area contributed by atoms with Crippen molar-refractivity contribution in [3.63, 3.8) is 0 Å². The monoisotopic (exact) mass is 448 g/mol. The molecule has 0 bridgehead atoms. The third-order valence-corrected chi connectivity index (χ3v) is 7.93. The summed E-state index contributed by atoms with van der Waals surface area (Å²) in [6, 6.07) is 12.9. The van der Waals surface area contributed by atoms with Crippen LogP contribution in [0.1, 0.15) is 13.9 Å². The molecule has 0 saturated heterocycles. The summed E-state index contributed by atoms with van der Waals surface area (Å²) in [4.78, 5) is 0.712. The van der Waals surface area contributed by atoms with E-state index in [9.17, 15) is 13.0 Å². The van der Waals surface area contributed by atoms with Gasteiger partial charge in [-0.05, 0) is 35.2 Å². The minimum Gasteiger partial charge on any atom is -1.00 e. The molecule has 0 aliphatic heterocycles. The molecule has 0 saturated carbocycles. The second-order valence-electron chi connectivity index (χ2n) is 5.55. The molecule has 0 radical (unpaired) electrons. The fraction of sp³-hybridized carbons (Fsp3) is 0.167. The normalized spacial score (nSPS) is 11.1. The molecule has 3 rings (SSSR count). The Hall–Kier alpha value is -0.580. The van der Waals surface area contributed by atoms with Crippen molar-refractivity contribution in [1.29, 1.82) is 0 Å². The Morgan fingerprint density at radius 1 is 1.11 bits per heavy atom. The molecule has 27 heavy (non-hydrogen) atoms. The molecule has 3 aromatic rings. The predicted molar refractivity (Wildman–Crippen MR) is 111 cm³/mol. The summed E-state index contributed by atoms with van der Waals surface area (Å²) in [5.74, 6) is 0.0925. The molecule has 0 unspecified atom stereocenters. The molecule has 1 heterocycles. The maximum absolute atomic E-state index is 11.7. The van der Waals surface area contributed by atoms with Gasteiger partial charge in [0.2, 0.25) is 0 Å². The van der Waals surface area contributed by atoms with Crippen LogP contribution in [0.25, 0.3) is 21.6 Å². The Kier molecular flexibility index (Phi) is 7.80. The summed E-state index contributed by atoms with van der Waals surface area (Å²) in [7, 11) is -0.0316. The maximum atomic E-state index is 11.7. The van der Waals surface area contributed by atoms with Gasteiger partial charge in [-0.1, -0.05) is 70.2 Å². The van der Waals surface area contributed by atoms with Crippen LogP contribution in [0.4, 0.5) is 0 Å². The van der Waals surface area contributed by atoms with Gasteiger partial charge in [-0.2, -0.15) is 8.42 Å². The maximum Gasteiger partial charge on any atom is 1.00 e. The van der Waals surface area contributed by atoms with Gasteiger partial charge in [0.1, 0.15) is 14.5 Å². The average Bonchev–Trinajstić information content (AvgIpc) is 3.02. The largest absolute Gasteiger partial charge is 1.00 e. The first-order chi connectivity index (χ1) is 12.3. The van der Waals surface area contributed by atoms with Gasteiger partial charge in [0.05, 0.1) is 12.0 Å². The summed E-state index contributed by atoms with van der Waals surface area (Å²) >= 11 is 5.49. The molecular weight excluding hydrogens is 431 g/mol. The summed E-state index contributed by atoms with van der Waals surface area (Å²) < 4.78 is 38.6. The van der Waals surface area contributed by atoms with Gasteiger partial charge in [-0.25, -0.2) is 0 Å². The minimum absolute atomic E-state index is 0. The van der Waals surface area contributed by atoms with Crippen LogP contribution >= 0.6 is 32.9 Å². The van der Waals surface area contributed by atoms with Crippen molar-refractivity contribution in [3.05, 3.63) is 51.9 Å². The minimum atomic E-state index is -4.41. The summed E-state index contributed by atoms with van der Waals surface area (Å²) in [6.07, 6.45) is 0.961. The Morgan fingerprint density at radius 2 is 1.74 bits per heavy atom. The molecule has 138 valence electrons. The topological polar surface area (TPSA) is 63.6 Å². The zero-order valence-corrected chi connectivity index (χ0v) is 20.3. The molecule has 0 aliphatic carbocycles. The Labute approximate surface area is 194 Å². The van der Waals surface area contributed by atoms with Crippen molar-refractivity contribution in [3.8, 4) is 27.3 Å². The molecule has 0 amide bonds. The second-order valence-corrected chi connectivity index (χ2v) is 9.76. The summed E-state index contributed by atoms with van der Waals surface area (Å²) in [5.41, 5.74) is 3.70. The third-order valence-electron chi connectivity index (χ3n) is 3.99. The Balaban J connectivity index is 0.00000196. The molecule has 0 fully saturated rings. The van der Waals surface area contributed by atoms with E-state index in [0.717, 1.165) is 22.4 Å². The van der Waals surface area contributed by atoms with Gasteiger partial charge in [-0.15, -0.1) is 0 Å². The molecule has 0 aliphatic rings. The molecule has 1 aromatic heterocycles. The van der Waals surface area contributed by atoms with Crippen molar-refractivity contribution in [2.75, 3.05) is 7.11 Å². The van der Waals surface area contributed by atoms with Crippen LogP contribution < -0.4 is 34.3 Å². The van der Waals surface area contributed by atoms with E-state index in [-0.39, 0.29) is 41.6 Å². The summed E-state index contributed by atoms with van der Waals surface area (Å²) in [5, 5.41) is 0. The van der Waals surface area contributed by atoms with Crippen molar-refractivity contribution in [2.45, 2.75) is 18.2 Å². The van der Waals surface area contributed by atoms with E-state index in [1.54, 1.807) is 16.4 Å². The van der Waals surface area contributed by atoms with Crippen LogP contribution in [0.2, 0.25) is 0 Å². The van der Waals surface area contributed by atoms with Crippen molar-refractivity contribution >= 4 is 43.0 Å². The van der Waals surface area contributed by atoms with Gasteiger partial charge in [0.15, 0.2) is 0 Å². The van der Waals surface area contributed by atoms with Crippen LogP contribution in [0, 0.1) is 3.82 Å². The van der Waals surface area contributed by atoms with Crippen LogP contribution in [0.3, 0.4) is 0 Å². The Bertz CT molecular complexity index is 1110. The SMILES string of the molecule is CCc1ccc(-c2ssc(=S)c2-c2ccc(OC)c(S(=O)(=O)O)c2)cc1.[H-].[Na+]. The van der Waals surface area contributed by atoms with Crippen molar-refractivity contribution < 1.29 is 48.7 Å². The number of benzene rings is 2. The zero-order valence-electron chi connectivity index (χ0n) is 16.1. The number of ether oxygens (including phenoxy) is 1. The number of methoxy groups -OCH3 is 1. The van der Waals surface area contributed by atoms with Crippen LogP contribution in [-0.2, 0) is 16.5 Å². The fourth-order valence-corrected chi connectivity index (χ4v) is 6.22. The van der Waals surface area contributed by atoms with E-state index in [2.05, 4.69) is 19.1 Å². The van der Waals surface area contributed by atoms with Crippen molar-refractivity contribution in [1.82, 2.24) is 0 Å². The summed E-state index contributed by atoms with van der Waals surface area (Å²) in [6.45, 7) is 2.10. The molecule has 0 atom stereocenters. The molecule has 4 nitrogen and oxygen atoms in total. The Morgan fingerprint density at radius 3 is 2.30 bits per heavy atom. The first-order valence-corrected chi connectivity index (χ1v) is 11.7. The first-order valence-electron chi connectivity index (χ1n) is 7.73. The number of aryl methyl sites for hydroxylation is 1. The quantitative estimate of drug-likeness (QED) is 0.281. The number of hydrogen-bond donors (Lipinski definition) is 1. The van der Waals surface area contributed by atoms with Crippen LogP contribution in [-0.4, -0.2) is 20.1 Å². The van der Waals surface area contributed by atoms with Crippen molar-refractivity contribution in [2.24, 2.45) is 0 Å². The van der Waals surface area contributed by atoms with E-state index in [1.165, 1.54) is 35.1 Å². The molecule has 2 aromatic carbocycles. The third kappa shape index (κ3) is 4.89. The molecular formula is C18H17NaO4S4. The van der Waals surface area contributed by atoms with E-state index in [0.29, 0.717) is 9.39 Å². The van der Waals surface area contributed by atoms with Crippen LogP contribution in [0.5, 0.6) is 5.75 Å². The zero-order chi connectivity index (χ0) is 18.9. The smallest absolute Gasteiger partial charge is 1.00 e. The van der Waals surface area contributed by atoms with Gasteiger partial charge < -0.3 is 6.16 Å². The molecule has 1 N–H and O–H groups in total. The van der Waals surface area contributed by atoms with E-state index >= 15 is 0 Å². The number of rotatable bonds is 5. The first kappa shape index (κ1) is 22.7. The predicted octanol–water partition coefficient (Wildman–Crippen LogP) is 2.81. The van der Waals surface area contributed by atoms with E-state index in [1.807, 2.05) is 12.1 Å². The number of hydrogen-bond acceptors (Lipinski definition) is 6. The van der Waals surface area contributed by atoms with E-state index < -0.39 is 10.1 Å². The van der Waals surface area contributed by atoms with Gasteiger partial charge in [-0.3, -0.25) is 4.55 Å². The molecule has 9 heteroatoms.